The summed E-state index contributed by atoms with van der Waals surface area (Å²) in [6.45, 7) is 6.26. The monoisotopic (exact) mass is 168 g/mol. The second-order valence-electron chi connectivity index (χ2n) is 3.25. The minimum atomic E-state index is 0.452. The smallest absolute Gasteiger partial charge is 0.225 e. The number of nitrogens with two attached hydrogens (primary N) is 1. The number of hydrogen-bond acceptors (Lipinski definition) is 3. The van der Waals surface area contributed by atoms with E-state index in [4.69, 9.17) is 10.3 Å². The van der Waals surface area contributed by atoms with Crippen molar-refractivity contribution in [1.29, 1.82) is 0 Å². The number of aromatic nitrogens is 1. The fourth-order valence-corrected chi connectivity index (χ4v) is 1.39. The molecule has 0 aliphatic heterocycles. The van der Waals surface area contributed by atoms with E-state index in [1.807, 2.05) is 6.92 Å². The number of rotatable bonds is 3. The van der Waals surface area contributed by atoms with Gasteiger partial charge in [-0.15, -0.1) is 0 Å². The summed E-state index contributed by atoms with van der Waals surface area (Å²) >= 11 is 0. The van der Waals surface area contributed by atoms with Crippen molar-refractivity contribution in [1.82, 2.24) is 5.16 Å². The lowest BCUT2D eigenvalue weighted by Crippen LogP contribution is -1.96. The summed E-state index contributed by atoms with van der Waals surface area (Å²) in [5.74, 6) is 0.906. The normalized spacial score (nSPS) is 13.2. The van der Waals surface area contributed by atoms with Crippen LogP contribution in [0.4, 0.5) is 5.88 Å². The number of anilines is 1. The number of nitrogen functional groups attached to an aromatic ring is 1. The molecular formula is C9H16N2O. The Hall–Kier alpha value is -0.990. The van der Waals surface area contributed by atoms with Crippen molar-refractivity contribution in [2.45, 2.75) is 39.5 Å². The molecule has 0 saturated heterocycles. The maximum atomic E-state index is 5.55. The van der Waals surface area contributed by atoms with E-state index < -0.39 is 0 Å². The van der Waals surface area contributed by atoms with Crippen LogP contribution in [0.25, 0.3) is 0 Å². The molecule has 3 nitrogen and oxygen atoms in total. The Labute approximate surface area is 72.9 Å². The molecule has 0 saturated carbocycles. The Balaban J connectivity index is 2.80. The Bertz CT molecular complexity index is 255. The van der Waals surface area contributed by atoms with Crippen molar-refractivity contribution in [2.24, 2.45) is 0 Å². The van der Waals surface area contributed by atoms with Gasteiger partial charge in [0.25, 0.3) is 0 Å². The third kappa shape index (κ3) is 1.60. The second-order valence-corrected chi connectivity index (χ2v) is 3.25. The third-order valence-corrected chi connectivity index (χ3v) is 2.18. The summed E-state index contributed by atoms with van der Waals surface area (Å²) in [6, 6.07) is 0. The van der Waals surface area contributed by atoms with Crippen LogP contribution < -0.4 is 5.73 Å². The van der Waals surface area contributed by atoms with Gasteiger partial charge in [0.2, 0.25) is 5.88 Å². The molecule has 0 amide bonds. The molecule has 1 unspecified atom stereocenters. The molecule has 1 heterocycles. The molecule has 1 atom stereocenters. The van der Waals surface area contributed by atoms with Gasteiger partial charge >= 0.3 is 0 Å². The largest absolute Gasteiger partial charge is 0.367 e. The van der Waals surface area contributed by atoms with Crippen LogP contribution in [0.1, 0.15) is 43.9 Å². The second kappa shape index (κ2) is 3.61. The molecule has 0 aliphatic carbocycles. The maximum absolute atomic E-state index is 5.55. The SMILES string of the molecule is CCCC(C)c1noc(N)c1C. The lowest BCUT2D eigenvalue weighted by molar-refractivity contribution is 0.419. The van der Waals surface area contributed by atoms with Gasteiger partial charge in [0.15, 0.2) is 0 Å². The summed E-state index contributed by atoms with van der Waals surface area (Å²) in [5.41, 5.74) is 7.55. The highest BCUT2D eigenvalue weighted by atomic mass is 16.5. The molecule has 3 heteroatoms. The van der Waals surface area contributed by atoms with E-state index in [2.05, 4.69) is 19.0 Å². The van der Waals surface area contributed by atoms with E-state index in [0.29, 0.717) is 11.8 Å². The maximum Gasteiger partial charge on any atom is 0.225 e. The number of hydrogen-bond donors (Lipinski definition) is 1. The quantitative estimate of drug-likeness (QED) is 0.754. The molecule has 0 aliphatic rings. The molecule has 12 heavy (non-hydrogen) atoms. The molecule has 0 aromatic carbocycles. The van der Waals surface area contributed by atoms with Crippen LogP contribution in [0.3, 0.4) is 0 Å². The van der Waals surface area contributed by atoms with Crippen molar-refractivity contribution in [3.05, 3.63) is 11.3 Å². The van der Waals surface area contributed by atoms with E-state index in [9.17, 15) is 0 Å². The number of nitrogens with zero attached hydrogens (tertiary/aromatic N) is 1. The van der Waals surface area contributed by atoms with Crippen molar-refractivity contribution >= 4 is 5.88 Å². The highest BCUT2D eigenvalue weighted by Gasteiger charge is 2.14. The fourth-order valence-electron chi connectivity index (χ4n) is 1.39. The lowest BCUT2D eigenvalue weighted by atomic mass is 9.99. The van der Waals surface area contributed by atoms with Crippen LogP contribution in [0.15, 0.2) is 4.52 Å². The van der Waals surface area contributed by atoms with Gasteiger partial charge in [-0.25, -0.2) is 0 Å². The molecule has 0 bridgehead atoms. The molecule has 2 N–H and O–H groups in total. The molecule has 0 fully saturated rings. The van der Waals surface area contributed by atoms with Gasteiger partial charge in [0.1, 0.15) is 0 Å². The zero-order chi connectivity index (χ0) is 9.14. The van der Waals surface area contributed by atoms with E-state index >= 15 is 0 Å². The predicted octanol–water partition coefficient (Wildman–Crippen LogP) is 2.47. The first-order chi connectivity index (χ1) is 5.66. The van der Waals surface area contributed by atoms with Crippen LogP contribution >= 0.6 is 0 Å². The average molecular weight is 168 g/mol. The molecular weight excluding hydrogens is 152 g/mol. The lowest BCUT2D eigenvalue weighted by Gasteiger charge is -2.05. The predicted molar refractivity (Wildman–Crippen MR) is 49.0 cm³/mol. The first-order valence-electron chi connectivity index (χ1n) is 4.38. The van der Waals surface area contributed by atoms with Gasteiger partial charge in [0.05, 0.1) is 5.69 Å². The minimum absolute atomic E-state index is 0.452. The summed E-state index contributed by atoms with van der Waals surface area (Å²) < 4.78 is 4.89. The van der Waals surface area contributed by atoms with Gasteiger partial charge in [-0.05, 0) is 13.3 Å². The Morgan fingerprint density at radius 2 is 2.25 bits per heavy atom. The van der Waals surface area contributed by atoms with E-state index in [1.54, 1.807) is 0 Å². The molecule has 1 rings (SSSR count). The van der Waals surface area contributed by atoms with Crippen molar-refractivity contribution in [3.8, 4) is 0 Å². The van der Waals surface area contributed by atoms with E-state index in [-0.39, 0.29) is 0 Å². The highest BCUT2D eigenvalue weighted by molar-refractivity contribution is 5.38. The van der Waals surface area contributed by atoms with Gasteiger partial charge in [-0.1, -0.05) is 25.4 Å². The van der Waals surface area contributed by atoms with Crippen LogP contribution in [0.2, 0.25) is 0 Å². The standard InChI is InChI=1S/C9H16N2O/c1-4-5-6(2)8-7(3)9(10)12-11-8/h6H,4-5,10H2,1-3H3. The van der Waals surface area contributed by atoms with E-state index in [1.165, 1.54) is 0 Å². The van der Waals surface area contributed by atoms with Gasteiger partial charge in [-0.3, -0.25) is 0 Å². The minimum Gasteiger partial charge on any atom is -0.367 e. The Morgan fingerprint density at radius 1 is 1.58 bits per heavy atom. The average Bonchev–Trinajstić information content (AvgIpc) is 2.34. The van der Waals surface area contributed by atoms with Gasteiger partial charge in [0, 0.05) is 11.5 Å². The molecule has 0 spiro atoms. The van der Waals surface area contributed by atoms with Crippen LogP contribution in [-0.2, 0) is 0 Å². The Morgan fingerprint density at radius 3 is 2.67 bits per heavy atom. The topological polar surface area (TPSA) is 52.0 Å². The van der Waals surface area contributed by atoms with Crippen LogP contribution in [0.5, 0.6) is 0 Å². The van der Waals surface area contributed by atoms with Crippen molar-refractivity contribution < 1.29 is 4.52 Å². The van der Waals surface area contributed by atoms with Gasteiger partial charge in [-0.2, -0.15) is 0 Å². The highest BCUT2D eigenvalue weighted by Crippen LogP contribution is 2.25. The zero-order valence-corrected chi connectivity index (χ0v) is 7.92. The first-order valence-corrected chi connectivity index (χ1v) is 4.38. The van der Waals surface area contributed by atoms with Crippen LogP contribution in [-0.4, -0.2) is 5.16 Å². The fraction of sp³-hybridized carbons (Fsp3) is 0.667. The molecule has 1 aromatic heterocycles. The first kappa shape index (κ1) is 9.10. The molecule has 0 radical (unpaired) electrons. The van der Waals surface area contributed by atoms with Crippen molar-refractivity contribution in [2.75, 3.05) is 5.73 Å². The zero-order valence-electron chi connectivity index (χ0n) is 7.92. The Kier molecular flexibility index (Phi) is 2.74. The molecule has 68 valence electrons. The van der Waals surface area contributed by atoms with Gasteiger partial charge < -0.3 is 10.3 Å². The molecule has 1 aromatic rings. The van der Waals surface area contributed by atoms with E-state index in [0.717, 1.165) is 24.1 Å². The van der Waals surface area contributed by atoms with Crippen LogP contribution in [0, 0.1) is 6.92 Å². The summed E-state index contributed by atoms with van der Waals surface area (Å²) in [7, 11) is 0. The summed E-state index contributed by atoms with van der Waals surface area (Å²) in [6.07, 6.45) is 2.29. The van der Waals surface area contributed by atoms with Crippen molar-refractivity contribution in [3.63, 3.8) is 0 Å². The summed E-state index contributed by atoms with van der Waals surface area (Å²) in [4.78, 5) is 0. The third-order valence-electron chi connectivity index (χ3n) is 2.18. The summed E-state index contributed by atoms with van der Waals surface area (Å²) in [5, 5.41) is 3.93.